The first-order chi connectivity index (χ1) is 6.27. The van der Waals surface area contributed by atoms with E-state index in [9.17, 15) is 0 Å². The first-order valence-electron chi connectivity index (χ1n) is 5.28. The molecule has 0 saturated carbocycles. The molecular formula is C11H21NO. The number of hydrogen-bond acceptors (Lipinski definition) is 2. The molecule has 0 aromatic heterocycles. The van der Waals surface area contributed by atoms with Crippen LogP contribution in [0.4, 0.5) is 0 Å². The molecule has 0 fully saturated rings. The molecule has 1 aliphatic heterocycles. The summed E-state index contributed by atoms with van der Waals surface area (Å²) in [4.78, 5) is 0. The predicted molar refractivity (Wildman–Crippen MR) is 55.6 cm³/mol. The van der Waals surface area contributed by atoms with Gasteiger partial charge in [0.05, 0.1) is 12.6 Å². The lowest BCUT2D eigenvalue weighted by molar-refractivity contribution is 0.208. The summed E-state index contributed by atoms with van der Waals surface area (Å²) in [5.74, 6) is 1.92. The van der Waals surface area contributed by atoms with Crippen molar-refractivity contribution >= 4 is 0 Å². The van der Waals surface area contributed by atoms with E-state index >= 15 is 0 Å². The second-order valence-electron chi connectivity index (χ2n) is 3.83. The van der Waals surface area contributed by atoms with Gasteiger partial charge in [-0.2, -0.15) is 0 Å². The number of ether oxygens (including phenoxy) is 1. The summed E-state index contributed by atoms with van der Waals surface area (Å²) in [7, 11) is 2.01. The van der Waals surface area contributed by atoms with E-state index in [1.165, 1.54) is 12.8 Å². The maximum absolute atomic E-state index is 5.55. The summed E-state index contributed by atoms with van der Waals surface area (Å²) in [5, 5.41) is 3.32. The third-order valence-electron chi connectivity index (χ3n) is 2.76. The van der Waals surface area contributed by atoms with Gasteiger partial charge in [-0.1, -0.05) is 20.3 Å². The van der Waals surface area contributed by atoms with Crippen LogP contribution in [0.3, 0.4) is 0 Å². The van der Waals surface area contributed by atoms with Gasteiger partial charge in [-0.25, -0.2) is 0 Å². The van der Waals surface area contributed by atoms with Gasteiger partial charge in [0, 0.05) is 6.42 Å². The molecule has 0 bridgehead atoms. The molecule has 0 radical (unpaired) electrons. The molecule has 76 valence electrons. The molecule has 2 unspecified atom stereocenters. The minimum absolute atomic E-state index is 0.428. The Kier molecular flexibility index (Phi) is 4.29. The van der Waals surface area contributed by atoms with Gasteiger partial charge in [0.25, 0.3) is 0 Å². The standard InChI is InChI=1S/C11H21NO/c1-4-9(2)8-10(12-3)11-6-5-7-13-11/h6,9-10,12H,4-5,7-8H2,1-3H3. The third kappa shape index (κ3) is 3.03. The Morgan fingerprint density at radius 1 is 1.62 bits per heavy atom. The first-order valence-corrected chi connectivity index (χ1v) is 5.28. The lowest BCUT2D eigenvalue weighted by Crippen LogP contribution is -2.29. The third-order valence-corrected chi connectivity index (χ3v) is 2.76. The molecule has 2 heteroatoms. The number of nitrogens with one attached hydrogen (secondary N) is 1. The zero-order valence-corrected chi connectivity index (χ0v) is 8.97. The van der Waals surface area contributed by atoms with E-state index < -0.39 is 0 Å². The summed E-state index contributed by atoms with van der Waals surface area (Å²) in [5.41, 5.74) is 0. The molecule has 1 aliphatic rings. The van der Waals surface area contributed by atoms with Crippen LogP contribution in [0.5, 0.6) is 0 Å². The van der Waals surface area contributed by atoms with E-state index in [1.54, 1.807) is 0 Å². The van der Waals surface area contributed by atoms with Gasteiger partial charge >= 0.3 is 0 Å². The number of hydrogen-bond donors (Lipinski definition) is 1. The monoisotopic (exact) mass is 183 g/mol. The van der Waals surface area contributed by atoms with Gasteiger partial charge in [-0.15, -0.1) is 0 Å². The molecule has 1 heterocycles. The molecule has 2 atom stereocenters. The highest BCUT2D eigenvalue weighted by Gasteiger charge is 2.18. The van der Waals surface area contributed by atoms with Crippen molar-refractivity contribution in [3.63, 3.8) is 0 Å². The molecular weight excluding hydrogens is 162 g/mol. The van der Waals surface area contributed by atoms with Gasteiger partial charge in [0.1, 0.15) is 5.76 Å². The fourth-order valence-electron chi connectivity index (χ4n) is 1.63. The van der Waals surface area contributed by atoms with Gasteiger partial charge < -0.3 is 10.1 Å². The quantitative estimate of drug-likeness (QED) is 0.706. The molecule has 13 heavy (non-hydrogen) atoms. The van der Waals surface area contributed by atoms with Crippen molar-refractivity contribution in [1.29, 1.82) is 0 Å². The van der Waals surface area contributed by atoms with Gasteiger partial charge in [0.15, 0.2) is 0 Å². The van der Waals surface area contributed by atoms with Crippen molar-refractivity contribution in [1.82, 2.24) is 5.32 Å². The Hall–Kier alpha value is -0.500. The fourth-order valence-corrected chi connectivity index (χ4v) is 1.63. The highest BCUT2D eigenvalue weighted by molar-refractivity contribution is 5.06. The van der Waals surface area contributed by atoms with Crippen LogP contribution in [0.2, 0.25) is 0 Å². The zero-order chi connectivity index (χ0) is 9.68. The molecule has 1 rings (SSSR count). The topological polar surface area (TPSA) is 21.3 Å². The smallest absolute Gasteiger partial charge is 0.109 e. The van der Waals surface area contributed by atoms with Crippen LogP contribution < -0.4 is 5.32 Å². The fraction of sp³-hybridized carbons (Fsp3) is 0.818. The van der Waals surface area contributed by atoms with Crippen LogP contribution in [0, 0.1) is 5.92 Å². The van der Waals surface area contributed by atoms with Crippen molar-refractivity contribution in [2.75, 3.05) is 13.7 Å². The lowest BCUT2D eigenvalue weighted by Gasteiger charge is -2.20. The average Bonchev–Trinajstić information content (AvgIpc) is 2.66. The number of likely N-dealkylation sites (N-methyl/N-ethyl adjacent to an activating group) is 1. The van der Waals surface area contributed by atoms with E-state index in [0.717, 1.165) is 24.7 Å². The predicted octanol–water partition coefficient (Wildman–Crippen LogP) is 2.31. The summed E-state index contributed by atoms with van der Waals surface area (Å²) in [6.45, 7) is 5.40. The Labute approximate surface area is 81.4 Å². The first kappa shape index (κ1) is 10.6. The second kappa shape index (κ2) is 5.28. The van der Waals surface area contributed by atoms with E-state index in [-0.39, 0.29) is 0 Å². The summed E-state index contributed by atoms with van der Waals surface area (Å²) < 4.78 is 5.55. The van der Waals surface area contributed by atoms with Gasteiger partial charge in [-0.05, 0) is 25.5 Å². The van der Waals surface area contributed by atoms with Crippen LogP contribution >= 0.6 is 0 Å². The lowest BCUT2D eigenvalue weighted by atomic mass is 9.98. The van der Waals surface area contributed by atoms with Crippen molar-refractivity contribution < 1.29 is 4.74 Å². The molecule has 1 N–H and O–H groups in total. The largest absolute Gasteiger partial charge is 0.496 e. The van der Waals surface area contributed by atoms with Gasteiger partial charge in [-0.3, -0.25) is 0 Å². The zero-order valence-electron chi connectivity index (χ0n) is 8.97. The summed E-state index contributed by atoms with van der Waals surface area (Å²) in [6.07, 6.45) is 5.71. The Balaban J connectivity index is 2.42. The van der Waals surface area contributed by atoms with E-state index in [4.69, 9.17) is 4.74 Å². The van der Waals surface area contributed by atoms with Crippen molar-refractivity contribution in [2.24, 2.45) is 5.92 Å². The van der Waals surface area contributed by atoms with E-state index in [2.05, 4.69) is 25.2 Å². The number of rotatable bonds is 5. The molecule has 0 saturated heterocycles. The molecule has 0 aromatic carbocycles. The normalized spacial score (nSPS) is 20.7. The van der Waals surface area contributed by atoms with Crippen LogP contribution in [-0.4, -0.2) is 19.7 Å². The van der Waals surface area contributed by atoms with Crippen LogP contribution in [-0.2, 0) is 4.74 Å². The summed E-state index contributed by atoms with van der Waals surface area (Å²) in [6, 6.07) is 0.428. The average molecular weight is 183 g/mol. The Morgan fingerprint density at radius 3 is 2.85 bits per heavy atom. The Morgan fingerprint density at radius 2 is 2.38 bits per heavy atom. The van der Waals surface area contributed by atoms with Crippen LogP contribution in [0.15, 0.2) is 11.8 Å². The highest BCUT2D eigenvalue weighted by atomic mass is 16.5. The Bertz CT molecular complexity index is 177. The maximum Gasteiger partial charge on any atom is 0.109 e. The summed E-state index contributed by atoms with van der Waals surface area (Å²) >= 11 is 0. The molecule has 0 aromatic rings. The van der Waals surface area contributed by atoms with E-state index in [1.807, 2.05) is 7.05 Å². The van der Waals surface area contributed by atoms with E-state index in [0.29, 0.717) is 6.04 Å². The van der Waals surface area contributed by atoms with Crippen molar-refractivity contribution in [2.45, 2.75) is 39.2 Å². The SMILES string of the molecule is CCC(C)CC(NC)C1=CCCO1. The van der Waals surface area contributed by atoms with Crippen LogP contribution in [0.1, 0.15) is 33.1 Å². The second-order valence-corrected chi connectivity index (χ2v) is 3.83. The minimum atomic E-state index is 0.428. The van der Waals surface area contributed by atoms with Crippen molar-refractivity contribution in [3.05, 3.63) is 11.8 Å². The maximum atomic E-state index is 5.55. The molecule has 2 nitrogen and oxygen atoms in total. The van der Waals surface area contributed by atoms with Crippen LogP contribution in [0.25, 0.3) is 0 Å². The molecule has 0 amide bonds. The molecule has 0 aliphatic carbocycles. The van der Waals surface area contributed by atoms with Gasteiger partial charge in [0.2, 0.25) is 0 Å². The minimum Gasteiger partial charge on any atom is -0.496 e. The highest BCUT2D eigenvalue weighted by Crippen LogP contribution is 2.20. The van der Waals surface area contributed by atoms with Crippen molar-refractivity contribution in [3.8, 4) is 0 Å². The molecule has 0 spiro atoms.